The third-order valence-corrected chi connectivity index (χ3v) is 3.38. The molecule has 2 aromatic carbocycles. The molecule has 0 aliphatic rings. The minimum atomic E-state index is -0.310. The van der Waals surface area contributed by atoms with Crippen LogP contribution in [0.3, 0.4) is 0 Å². The van der Waals surface area contributed by atoms with Gasteiger partial charge in [0.2, 0.25) is 0 Å². The summed E-state index contributed by atoms with van der Waals surface area (Å²) in [5, 5.41) is 3.72. The molecule has 112 valence electrons. The predicted molar refractivity (Wildman–Crippen MR) is 85.7 cm³/mol. The minimum Gasteiger partial charge on any atom is -0.491 e. The van der Waals surface area contributed by atoms with Gasteiger partial charge >= 0.3 is 0 Å². The number of halogens is 2. The van der Waals surface area contributed by atoms with Crippen LogP contribution >= 0.6 is 11.6 Å². The van der Waals surface area contributed by atoms with Crippen LogP contribution < -0.4 is 10.1 Å². The average Bonchev–Trinajstić information content (AvgIpc) is 2.43. The lowest BCUT2D eigenvalue weighted by atomic mass is 10.1. The van der Waals surface area contributed by atoms with Gasteiger partial charge in [0.25, 0.3) is 0 Å². The second kappa shape index (κ2) is 6.81. The molecule has 0 aliphatic heterocycles. The van der Waals surface area contributed by atoms with Gasteiger partial charge in [0, 0.05) is 6.04 Å². The molecule has 2 nitrogen and oxygen atoms in total. The Labute approximate surface area is 129 Å². The molecule has 0 aromatic heterocycles. The average molecular weight is 308 g/mol. The topological polar surface area (TPSA) is 21.3 Å². The van der Waals surface area contributed by atoms with Crippen LogP contribution in [0, 0.1) is 5.82 Å². The van der Waals surface area contributed by atoms with E-state index in [2.05, 4.69) is 5.32 Å². The zero-order valence-corrected chi connectivity index (χ0v) is 13.1. The van der Waals surface area contributed by atoms with Crippen molar-refractivity contribution in [2.45, 2.75) is 32.9 Å². The minimum absolute atomic E-state index is 0.0115. The number of hydrogen-bond acceptors (Lipinski definition) is 2. The Balaban J connectivity index is 2.09. The monoisotopic (exact) mass is 307 g/mol. The van der Waals surface area contributed by atoms with Crippen LogP contribution in [0.4, 0.5) is 10.1 Å². The maximum Gasteiger partial charge on any atom is 0.125 e. The number of hydrogen-bond donors (Lipinski definition) is 1. The molecule has 21 heavy (non-hydrogen) atoms. The highest BCUT2D eigenvalue weighted by Crippen LogP contribution is 2.27. The van der Waals surface area contributed by atoms with E-state index in [4.69, 9.17) is 16.3 Å². The number of ether oxygens (including phenoxy) is 1. The highest BCUT2D eigenvalue weighted by atomic mass is 35.5. The summed E-state index contributed by atoms with van der Waals surface area (Å²) in [7, 11) is 0. The Kier molecular flexibility index (Phi) is 5.07. The molecule has 0 saturated carbocycles. The fourth-order valence-corrected chi connectivity index (χ4v) is 2.20. The van der Waals surface area contributed by atoms with Crippen molar-refractivity contribution in [1.82, 2.24) is 0 Å². The van der Waals surface area contributed by atoms with Crippen molar-refractivity contribution in [2.24, 2.45) is 0 Å². The molecule has 1 atom stereocenters. The van der Waals surface area contributed by atoms with Gasteiger partial charge in [-0.1, -0.05) is 23.7 Å². The lowest BCUT2D eigenvalue weighted by Gasteiger charge is -2.17. The number of nitrogens with one attached hydrogen (secondary N) is 1. The summed E-state index contributed by atoms with van der Waals surface area (Å²) in [6, 6.07) is 12.1. The molecule has 0 saturated heterocycles. The SMILES string of the molecule is CC(C)Oc1ccc(C(C)Nc2cc(F)ccc2Cl)cc1. The standard InChI is InChI=1S/C17H19ClFNO/c1-11(2)21-15-7-4-13(5-8-15)12(3)20-17-10-14(19)6-9-16(17)18/h4-12,20H,1-3H3. The second-order valence-corrected chi connectivity index (χ2v) is 5.63. The van der Waals surface area contributed by atoms with E-state index in [0.717, 1.165) is 11.3 Å². The van der Waals surface area contributed by atoms with Gasteiger partial charge in [-0.15, -0.1) is 0 Å². The van der Waals surface area contributed by atoms with Crippen molar-refractivity contribution in [3.63, 3.8) is 0 Å². The van der Waals surface area contributed by atoms with Gasteiger partial charge in [0.05, 0.1) is 16.8 Å². The molecule has 0 spiro atoms. The Morgan fingerprint density at radius 2 is 1.71 bits per heavy atom. The van der Waals surface area contributed by atoms with Gasteiger partial charge in [0.1, 0.15) is 11.6 Å². The van der Waals surface area contributed by atoms with E-state index in [1.54, 1.807) is 6.07 Å². The van der Waals surface area contributed by atoms with E-state index in [9.17, 15) is 4.39 Å². The van der Waals surface area contributed by atoms with E-state index >= 15 is 0 Å². The largest absolute Gasteiger partial charge is 0.491 e. The second-order valence-electron chi connectivity index (χ2n) is 5.23. The van der Waals surface area contributed by atoms with Crippen LogP contribution in [-0.4, -0.2) is 6.10 Å². The first-order valence-electron chi connectivity index (χ1n) is 6.94. The number of rotatable bonds is 5. The Morgan fingerprint density at radius 1 is 1.05 bits per heavy atom. The quantitative estimate of drug-likeness (QED) is 0.794. The molecule has 2 rings (SSSR count). The summed E-state index contributed by atoms with van der Waals surface area (Å²) < 4.78 is 18.9. The molecule has 0 aliphatic carbocycles. The maximum absolute atomic E-state index is 13.3. The Morgan fingerprint density at radius 3 is 2.33 bits per heavy atom. The van der Waals surface area contributed by atoms with Gasteiger partial charge in [-0.05, 0) is 56.7 Å². The van der Waals surface area contributed by atoms with Crippen molar-refractivity contribution < 1.29 is 9.13 Å². The van der Waals surface area contributed by atoms with Crippen molar-refractivity contribution in [1.29, 1.82) is 0 Å². The molecule has 1 unspecified atom stereocenters. The molecule has 0 bridgehead atoms. The summed E-state index contributed by atoms with van der Waals surface area (Å²) in [6.45, 7) is 5.98. The molecular formula is C17H19ClFNO. The summed E-state index contributed by atoms with van der Waals surface area (Å²) in [4.78, 5) is 0. The van der Waals surface area contributed by atoms with E-state index in [1.807, 2.05) is 45.0 Å². The first-order chi connectivity index (χ1) is 9.95. The van der Waals surface area contributed by atoms with Crippen molar-refractivity contribution in [3.8, 4) is 5.75 Å². The summed E-state index contributed by atoms with van der Waals surface area (Å²) >= 11 is 6.06. The van der Waals surface area contributed by atoms with Crippen LogP contribution in [-0.2, 0) is 0 Å². The van der Waals surface area contributed by atoms with Gasteiger partial charge in [0.15, 0.2) is 0 Å². The first kappa shape index (κ1) is 15.6. The van der Waals surface area contributed by atoms with Crippen LogP contribution in [0.15, 0.2) is 42.5 Å². The molecule has 0 amide bonds. The number of anilines is 1. The Hall–Kier alpha value is -1.74. The van der Waals surface area contributed by atoms with Gasteiger partial charge < -0.3 is 10.1 Å². The van der Waals surface area contributed by atoms with Crippen molar-refractivity contribution in [2.75, 3.05) is 5.32 Å². The summed E-state index contributed by atoms with van der Waals surface area (Å²) in [5.41, 5.74) is 1.66. The fraction of sp³-hybridized carbons (Fsp3) is 0.294. The zero-order valence-electron chi connectivity index (χ0n) is 12.4. The normalized spacial score (nSPS) is 12.3. The van der Waals surface area contributed by atoms with Gasteiger partial charge in [-0.3, -0.25) is 0 Å². The Bertz CT molecular complexity index is 598. The van der Waals surface area contributed by atoms with E-state index in [-0.39, 0.29) is 18.0 Å². The molecule has 0 heterocycles. The van der Waals surface area contributed by atoms with Crippen LogP contribution in [0.1, 0.15) is 32.4 Å². The lowest BCUT2D eigenvalue weighted by Crippen LogP contribution is -2.08. The lowest BCUT2D eigenvalue weighted by molar-refractivity contribution is 0.242. The molecule has 0 fully saturated rings. The smallest absolute Gasteiger partial charge is 0.125 e. The molecular weight excluding hydrogens is 289 g/mol. The predicted octanol–water partition coefficient (Wildman–Crippen LogP) is 5.44. The van der Waals surface area contributed by atoms with Crippen LogP contribution in [0.2, 0.25) is 5.02 Å². The van der Waals surface area contributed by atoms with Crippen LogP contribution in [0.5, 0.6) is 5.75 Å². The molecule has 1 N–H and O–H groups in total. The van der Waals surface area contributed by atoms with Gasteiger partial charge in [-0.25, -0.2) is 4.39 Å². The van der Waals surface area contributed by atoms with Gasteiger partial charge in [-0.2, -0.15) is 0 Å². The molecule has 4 heteroatoms. The third-order valence-electron chi connectivity index (χ3n) is 3.05. The third kappa shape index (κ3) is 4.36. The van der Waals surface area contributed by atoms with E-state index < -0.39 is 0 Å². The van der Waals surface area contributed by atoms with E-state index in [1.165, 1.54) is 12.1 Å². The molecule has 2 aromatic rings. The summed E-state index contributed by atoms with van der Waals surface area (Å²) in [5.74, 6) is 0.527. The van der Waals surface area contributed by atoms with Crippen molar-refractivity contribution in [3.05, 3.63) is 58.9 Å². The first-order valence-corrected chi connectivity index (χ1v) is 7.31. The van der Waals surface area contributed by atoms with E-state index in [0.29, 0.717) is 10.7 Å². The zero-order chi connectivity index (χ0) is 15.4. The fourth-order valence-electron chi connectivity index (χ4n) is 2.03. The van der Waals surface area contributed by atoms with Crippen molar-refractivity contribution >= 4 is 17.3 Å². The highest BCUT2D eigenvalue weighted by Gasteiger charge is 2.09. The highest BCUT2D eigenvalue weighted by molar-refractivity contribution is 6.33. The molecule has 0 radical (unpaired) electrons. The summed E-state index contributed by atoms with van der Waals surface area (Å²) in [6.07, 6.45) is 0.150. The maximum atomic E-state index is 13.3. The number of benzene rings is 2. The van der Waals surface area contributed by atoms with Crippen LogP contribution in [0.25, 0.3) is 0 Å².